The van der Waals surface area contributed by atoms with E-state index in [0.29, 0.717) is 17.6 Å². The normalized spacial score (nSPS) is 21.1. The molecule has 6 nitrogen and oxygen atoms in total. The van der Waals surface area contributed by atoms with Crippen LogP contribution in [0.3, 0.4) is 0 Å². The monoisotopic (exact) mass is 415 g/mol. The highest BCUT2D eigenvalue weighted by Gasteiger charge is 2.43. The van der Waals surface area contributed by atoms with Crippen LogP contribution in [0, 0.1) is 0 Å². The number of benzene rings is 2. The van der Waals surface area contributed by atoms with Crippen LogP contribution in [0.2, 0.25) is 0 Å². The molecule has 0 aliphatic carbocycles. The molecular weight excluding hydrogens is 386 g/mol. The highest BCUT2D eigenvalue weighted by atomic mass is 16.5. The van der Waals surface area contributed by atoms with Gasteiger partial charge in [-0.15, -0.1) is 0 Å². The van der Waals surface area contributed by atoms with Crippen LogP contribution in [0.4, 0.5) is 11.8 Å². The largest absolute Gasteiger partial charge is 0.470 e. The number of nitrogens with two attached hydrogens (primary N) is 2. The number of aromatic nitrogens is 2. The number of nitrogen functional groups attached to an aromatic ring is 2. The van der Waals surface area contributed by atoms with Gasteiger partial charge >= 0.3 is 0 Å². The molecule has 3 heterocycles. The average Bonchev–Trinajstić information content (AvgIpc) is 3.03. The van der Waals surface area contributed by atoms with Crippen molar-refractivity contribution < 1.29 is 4.74 Å². The number of nitrogens with zero attached hydrogens (tertiary/aromatic N) is 3. The molecule has 31 heavy (non-hydrogen) atoms. The second-order valence-corrected chi connectivity index (χ2v) is 8.74. The van der Waals surface area contributed by atoms with Crippen LogP contribution in [0.15, 0.2) is 60.7 Å². The van der Waals surface area contributed by atoms with E-state index in [-0.39, 0.29) is 11.5 Å². The van der Waals surface area contributed by atoms with Crippen LogP contribution in [0.5, 0.6) is 5.88 Å². The van der Waals surface area contributed by atoms with E-state index in [2.05, 4.69) is 75.5 Å². The minimum atomic E-state index is -0.247. The minimum Gasteiger partial charge on any atom is -0.470 e. The van der Waals surface area contributed by atoms with Gasteiger partial charge in [0.25, 0.3) is 0 Å². The Bertz CT molecular complexity index is 1000. The summed E-state index contributed by atoms with van der Waals surface area (Å²) >= 11 is 0. The summed E-state index contributed by atoms with van der Waals surface area (Å²) in [6.07, 6.45) is 3.77. The highest BCUT2D eigenvalue weighted by molar-refractivity contribution is 5.52. The summed E-state index contributed by atoms with van der Waals surface area (Å²) in [6, 6.07) is 21.6. The van der Waals surface area contributed by atoms with E-state index >= 15 is 0 Å². The summed E-state index contributed by atoms with van der Waals surface area (Å²) in [5.41, 5.74) is 15.3. The molecule has 1 atom stereocenters. The van der Waals surface area contributed by atoms with E-state index < -0.39 is 0 Å². The molecule has 1 spiro atoms. The van der Waals surface area contributed by atoms with Gasteiger partial charge in [-0.3, -0.25) is 0 Å². The molecule has 1 aromatic heterocycles. The number of hydrogen-bond acceptors (Lipinski definition) is 6. The molecule has 6 heteroatoms. The Hall–Kier alpha value is -3.12. The van der Waals surface area contributed by atoms with E-state index in [9.17, 15) is 0 Å². The first-order valence-corrected chi connectivity index (χ1v) is 11.0. The standard InChI is InChI=1S/C25H29N5O/c26-22-20-16-25(31-23(20)29-24(27)28-22)12-7-14-30(15-13-25)17-21(18-8-3-1-4-9-18)19-10-5-2-6-11-19/h1-6,8-11,21H,7,12-17H2,(H4,26,27,28,29)/t25-/m1/s1. The summed E-state index contributed by atoms with van der Waals surface area (Å²) in [6.45, 7) is 3.03. The Morgan fingerprint density at radius 3 is 2.26 bits per heavy atom. The van der Waals surface area contributed by atoms with Gasteiger partial charge in [-0.1, -0.05) is 60.7 Å². The molecule has 2 aromatic carbocycles. The lowest BCUT2D eigenvalue weighted by Crippen LogP contribution is -2.36. The highest BCUT2D eigenvalue weighted by Crippen LogP contribution is 2.42. The SMILES string of the molecule is Nc1nc(N)c2c(n1)O[C@@]1(CCCN(CC(c3ccccc3)c3ccccc3)CC1)C2. The molecule has 2 aliphatic rings. The van der Waals surface area contributed by atoms with Crippen molar-refractivity contribution in [2.24, 2.45) is 0 Å². The van der Waals surface area contributed by atoms with Crippen molar-refractivity contribution in [2.75, 3.05) is 31.1 Å². The van der Waals surface area contributed by atoms with Gasteiger partial charge < -0.3 is 21.1 Å². The number of ether oxygens (including phenoxy) is 1. The van der Waals surface area contributed by atoms with Crippen molar-refractivity contribution in [3.8, 4) is 5.88 Å². The molecule has 160 valence electrons. The molecule has 1 saturated heterocycles. The molecular formula is C25H29N5O. The van der Waals surface area contributed by atoms with Crippen molar-refractivity contribution >= 4 is 11.8 Å². The minimum absolute atomic E-state index is 0.178. The van der Waals surface area contributed by atoms with Crippen molar-refractivity contribution in [2.45, 2.75) is 37.2 Å². The second-order valence-electron chi connectivity index (χ2n) is 8.74. The van der Waals surface area contributed by atoms with Gasteiger partial charge in [-0.2, -0.15) is 9.97 Å². The molecule has 5 rings (SSSR count). The predicted octanol–water partition coefficient (Wildman–Crippen LogP) is 3.63. The molecule has 3 aromatic rings. The Morgan fingerprint density at radius 2 is 1.58 bits per heavy atom. The third-order valence-corrected chi connectivity index (χ3v) is 6.67. The Kier molecular flexibility index (Phi) is 5.24. The smallest absolute Gasteiger partial charge is 0.225 e. The van der Waals surface area contributed by atoms with Crippen LogP contribution in [0.25, 0.3) is 0 Å². The van der Waals surface area contributed by atoms with Crippen molar-refractivity contribution in [1.29, 1.82) is 0 Å². The fourth-order valence-electron chi connectivity index (χ4n) is 5.03. The predicted molar refractivity (Wildman–Crippen MR) is 123 cm³/mol. The van der Waals surface area contributed by atoms with Crippen LogP contribution in [-0.4, -0.2) is 40.1 Å². The van der Waals surface area contributed by atoms with Gasteiger partial charge in [0.15, 0.2) is 0 Å². The average molecular weight is 416 g/mol. The topological polar surface area (TPSA) is 90.3 Å². The lowest BCUT2D eigenvalue weighted by atomic mass is 9.89. The first kappa shape index (κ1) is 19.8. The Morgan fingerprint density at radius 1 is 0.903 bits per heavy atom. The third kappa shape index (κ3) is 4.08. The Labute approximate surface area is 183 Å². The zero-order valence-corrected chi connectivity index (χ0v) is 17.7. The lowest BCUT2D eigenvalue weighted by molar-refractivity contribution is 0.0730. The van der Waals surface area contributed by atoms with Gasteiger partial charge in [0.2, 0.25) is 11.8 Å². The maximum atomic E-state index is 6.36. The second kappa shape index (κ2) is 8.19. The van der Waals surface area contributed by atoms with Crippen molar-refractivity contribution in [3.05, 3.63) is 77.4 Å². The van der Waals surface area contributed by atoms with Crippen LogP contribution in [-0.2, 0) is 6.42 Å². The van der Waals surface area contributed by atoms with E-state index in [1.165, 1.54) is 11.1 Å². The van der Waals surface area contributed by atoms with Gasteiger partial charge in [0, 0.05) is 31.8 Å². The zero-order valence-electron chi connectivity index (χ0n) is 17.7. The van der Waals surface area contributed by atoms with Gasteiger partial charge in [-0.25, -0.2) is 0 Å². The quantitative estimate of drug-likeness (QED) is 0.676. The lowest BCUT2D eigenvalue weighted by Gasteiger charge is -2.29. The van der Waals surface area contributed by atoms with E-state index in [1.54, 1.807) is 0 Å². The number of likely N-dealkylation sites (tertiary alicyclic amines) is 1. The number of hydrogen-bond donors (Lipinski definition) is 2. The fraction of sp³-hybridized carbons (Fsp3) is 0.360. The molecule has 0 unspecified atom stereocenters. The first-order chi connectivity index (χ1) is 15.1. The molecule has 1 fully saturated rings. The maximum absolute atomic E-state index is 6.36. The molecule has 0 radical (unpaired) electrons. The first-order valence-electron chi connectivity index (χ1n) is 11.0. The van der Waals surface area contributed by atoms with Crippen LogP contribution >= 0.6 is 0 Å². The maximum Gasteiger partial charge on any atom is 0.225 e. The fourth-order valence-corrected chi connectivity index (χ4v) is 5.03. The van der Waals surface area contributed by atoms with Gasteiger partial charge in [0.1, 0.15) is 11.4 Å². The summed E-state index contributed by atoms with van der Waals surface area (Å²) in [5, 5.41) is 0. The van der Waals surface area contributed by atoms with Crippen LogP contribution in [0.1, 0.15) is 41.9 Å². The summed E-state index contributed by atoms with van der Waals surface area (Å²) in [5.74, 6) is 1.55. The van der Waals surface area contributed by atoms with Gasteiger partial charge in [0.05, 0.1) is 5.56 Å². The molecule has 4 N–H and O–H groups in total. The number of fused-ring (bicyclic) bond motifs is 1. The van der Waals surface area contributed by atoms with E-state index in [4.69, 9.17) is 16.2 Å². The van der Waals surface area contributed by atoms with Gasteiger partial charge in [-0.05, 0) is 30.5 Å². The van der Waals surface area contributed by atoms with E-state index in [0.717, 1.165) is 50.9 Å². The number of anilines is 2. The van der Waals surface area contributed by atoms with Crippen molar-refractivity contribution in [1.82, 2.24) is 14.9 Å². The summed E-state index contributed by atoms with van der Waals surface area (Å²) in [4.78, 5) is 11.0. The molecule has 0 amide bonds. The summed E-state index contributed by atoms with van der Waals surface area (Å²) < 4.78 is 6.36. The molecule has 2 aliphatic heterocycles. The third-order valence-electron chi connectivity index (χ3n) is 6.67. The zero-order chi connectivity index (χ0) is 21.3. The molecule has 0 bridgehead atoms. The van der Waals surface area contributed by atoms with Crippen molar-refractivity contribution in [3.63, 3.8) is 0 Å². The molecule has 0 saturated carbocycles. The van der Waals surface area contributed by atoms with E-state index in [1.807, 2.05) is 0 Å². The Balaban J connectivity index is 1.33. The summed E-state index contributed by atoms with van der Waals surface area (Å²) in [7, 11) is 0. The number of rotatable bonds is 4. The van der Waals surface area contributed by atoms with Crippen LogP contribution < -0.4 is 16.2 Å².